The molecule has 2 aromatic rings. The van der Waals surface area contributed by atoms with Crippen LogP contribution in [-0.4, -0.2) is 27.0 Å². The summed E-state index contributed by atoms with van der Waals surface area (Å²) in [5, 5.41) is 10.8. The van der Waals surface area contributed by atoms with Gasteiger partial charge >= 0.3 is 0 Å². The number of halogens is 1. The summed E-state index contributed by atoms with van der Waals surface area (Å²) in [7, 11) is -2.68. The number of nitro benzene ring substituents is 1. The Labute approximate surface area is 144 Å². The van der Waals surface area contributed by atoms with Crippen molar-refractivity contribution in [2.75, 3.05) is 18.0 Å². The average Bonchev–Trinajstić information content (AvgIpc) is 2.55. The molecule has 0 aliphatic rings. The highest BCUT2D eigenvalue weighted by molar-refractivity contribution is 7.93. The van der Waals surface area contributed by atoms with Gasteiger partial charge in [-0.3, -0.25) is 14.4 Å². The van der Waals surface area contributed by atoms with Crippen LogP contribution >= 0.6 is 11.6 Å². The number of hydrogen-bond donors (Lipinski definition) is 0. The SMILES string of the molecule is CCN(c1ccccc1OC)S(=O)(=O)c1cc([N+](=O)[O-])ccc1Cl. The molecule has 0 radical (unpaired) electrons. The van der Waals surface area contributed by atoms with E-state index >= 15 is 0 Å². The minimum absolute atomic E-state index is 0.0889. The predicted octanol–water partition coefficient (Wildman–Crippen LogP) is 3.47. The average molecular weight is 371 g/mol. The van der Waals surface area contributed by atoms with Crippen molar-refractivity contribution in [3.8, 4) is 5.75 Å². The standard InChI is InChI=1S/C15H15ClN2O5S/c1-3-17(13-6-4-5-7-14(13)23-2)24(21,22)15-10-11(18(19)20)8-9-12(15)16/h4-10H,3H2,1-2H3. The van der Waals surface area contributed by atoms with E-state index in [-0.39, 0.29) is 22.2 Å². The second kappa shape index (κ2) is 7.06. The molecule has 0 aliphatic heterocycles. The van der Waals surface area contributed by atoms with E-state index in [9.17, 15) is 18.5 Å². The first-order valence-corrected chi connectivity index (χ1v) is 8.74. The monoisotopic (exact) mass is 370 g/mol. The van der Waals surface area contributed by atoms with E-state index in [1.165, 1.54) is 13.2 Å². The lowest BCUT2D eigenvalue weighted by atomic mass is 10.3. The van der Waals surface area contributed by atoms with Gasteiger partial charge in [-0.25, -0.2) is 8.42 Å². The summed E-state index contributed by atoms with van der Waals surface area (Å²) in [6, 6.07) is 9.90. The molecule has 0 atom stereocenters. The summed E-state index contributed by atoms with van der Waals surface area (Å²) in [6.07, 6.45) is 0. The minimum Gasteiger partial charge on any atom is -0.495 e. The van der Waals surface area contributed by atoms with E-state index in [4.69, 9.17) is 16.3 Å². The van der Waals surface area contributed by atoms with Gasteiger partial charge < -0.3 is 4.74 Å². The van der Waals surface area contributed by atoms with Crippen molar-refractivity contribution in [2.24, 2.45) is 0 Å². The quantitative estimate of drug-likeness (QED) is 0.573. The number of ether oxygens (including phenoxy) is 1. The van der Waals surface area contributed by atoms with Crippen LogP contribution in [0.4, 0.5) is 11.4 Å². The topological polar surface area (TPSA) is 89.8 Å². The molecule has 0 aromatic heterocycles. The third-order valence-electron chi connectivity index (χ3n) is 3.33. The Morgan fingerprint density at radius 1 is 1.25 bits per heavy atom. The number of rotatable bonds is 6. The molecule has 0 amide bonds. The Balaban J connectivity index is 2.63. The van der Waals surface area contributed by atoms with E-state index in [0.717, 1.165) is 16.4 Å². The molecule has 128 valence electrons. The molecule has 2 aromatic carbocycles. The van der Waals surface area contributed by atoms with E-state index < -0.39 is 14.9 Å². The van der Waals surface area contributed by atoms with Gasteiger partial charge in [0.2, 0.25) is 0 Å². The first-order valence-electron chi connectivity index (χ1n) is 6.92. The van der Waals surface area contributed by atoms with Gasteiger partial charge in [0.25, 0.3) is 15.7 Å². The summed E-state index contributed by atoms with van der Waals surface area (Å²) in [5.74, 6) is 0.365. The highest BCUT2D eigenvalue weighted by Gasteiger charge is 2.29. The van der Waals surface area contributed by atoms with Crippen molar-refractivity contribution in [3.63, 3.8) is 0 Å². The molecule has 0 saturated heterocycles. The fourth-order valence-corrected chi connectivity index (χ4v) is 4.21. The summed E-state index contributed by atoms with van der Waals surface area (Å²) in [4.78, 5) is 9.94. The lowest BCUT2D eigenvalue weighted by Gasteiger charge is -2.25. The van der Waals surface area contributed by atoms with Crippen molar-refractivity contribution >= 4 is 33.0 Å². The van der Waals surface area contributed by atoms with Crippen LogP contribution in [-0.2, 0) is 10.0 Å². The molecule has 9 heteroatoms. The van der Waals surface area contributed by atoms with Crippen LogP contribution in [0.3, 0.4) is 0 Å². The van der Waals surface area contributed by atoms with E-state index in [0.29, 0.717) is 11.4 Å². The second-order valence-corrected chi connectivity index (χ2v) is 6.95. The highest BCUT2D eigenvalue weighted by Crippen LogP contribution is 2.35. The van der Waals surface area contributed by atoms with Gasteiger partial charge in [0.05, 0.1) is 22.7 Å². The summed E-state index contributed by atoms with van der Waals surface area (Å²) in [5.41, 5.74) is -0.0286. The Kier molecular flexibility index (Phi) is 5.30. The zero-order chi connectivity index (χ0) is 17.9. The third kappa shape index (κ3) is 3.29. The molecule has 0 saturated carbocycles. The summed E-state index contributed by atoms with van der Waals surface area (Å²) < 4.78 is 32.3. The Morgan fingerprint density at radius 3 is 2.50 bits per heavy atom. The largest absolute Gasteiger partial charge is 0.495 e. The number of hydrogen-bond acceptors (Lipinski definition) is 5. The molecule has 0 unspecified atom stereocenters. The number of anilines is 1. The number of methoxy groups -OCH3 is 1. The van der Waals surface area contributed by atoms with Gasteiger partial charge in [-0.05, 0) is 25.1 Å². The number of nitro groups is 1. The van der Waals surface area contributed by atoms with Crippen LogP contribution in [0.1, 0.15) is 6.92 Å². The third-order valence-corrected chi connectivity index (χ3v) is 5.71. The maximum absolute atomic E-state index is 13.0. The molecule has 0 aliphatic carbocycles. The number of sulfonamides is 1. The smallest absolute Gasteiger partial charge is 0.270 e. The van der Waals surface area contributed by atoms with Gasteiger partial charge in [-0.15, -0.1) is 0 Å². The number of para-hydroxylation sites is 2. The maximum atomic E-state index is 13.0. The van der Waals surface area contributed by atoms with Crippen molar-refractivity contribution in [1.29, 1.82) is 0 Å². The minimum atomic E-state index is -4.11. The van der Waals surface area contributed by atoms with Crippen LogP contribution in [0.15, 0.2) is 47.4 Å². The summed E-state index contributed by atoms with van der Waals surface area (Å²) in [6.45, 7) is 1.75. The first-order chi connectivity index (χ1) is 11.3. The van der Waals surface area contributed by atoms with Gasteiger partial charge in [-0.2, -0.15) is 0 Å². The zero-order valence-electron chi connectivity index (χ0n) is 13.0. The molecule has 0 N–H and O–H groups in total. The molecular weight excluding hydrogens is 356 g/mol. The van der Waals surface area contributed by atoms with Crippen LogP contribution in [0, 0.1) is 10.1 Å². The van der Waals surface area contributed by atoms with Crippen molar-refractivity contribution < 1.29 is 18.1 Å². The predicted molar refractivity (Wildman–Crippen MR) is 91.3 cm³/mol. The number of non-ortho nitro benzene ring substituents is 1. The van der Waals surface area contributed by atoms with Gasteiger partial charge in [0, 0.05) is 18.7 Å². The van der Waals surface area contributed by atoms with Crippen LogP contribution in [0.2, 0.25) is 5.02 Å². The first kappa shape index (κ1) is 18.0. The Morgan fingerprint density at radius 2 is 1.92 bits per heavy atom. The second-order valence-electron chi connectivity index (χ2n) is 4.71. The molecule has 0 heterocycles. The number of nitrogens with zero attached hydrogens (tertiary/aromatic N) is 2. The lowest BCUT2D eigenvalue weighted by Crippen LogP contribution is -2.31. The summed E-state index contributed by atoms with van der Waals surface area (Å²) >= 11 is 5.99. The lowest BCUT2D eigenvalue weighted by molar-refractivity contribution is -0.385. The molecule has 24 heavy (non-hydrogen) atoms. The van der Waals surface area contributed by atoms with Crippen LogP contribution in [0.5, 0.6) is 5.75 Å². The highest BCUT2D eigenvalue weighted by atomic mass is 35.5. The van der Waals surface area contributed by atoms with Gasteiger partial charge in [-0.1, -0.05) is 23.7 Å². The molecule has 0 fully saturated rings. The van der Waals surface area contributed by atoms with Crippen LogP contribution in [0.25, 0.3) is 0 Å². The Hall–Kier alpha value is -2.32. The fraction of sp³-hybridized carbons (Fsp3) is 0.200. The molecule has 0 bridgehead atoms. The number of benzene rings is 2. The normalized spacial score (nSPS) is 11.1. The molecule has 2 rings (SSSR count). The maximum Gasteiger partial charge on any atom is 0.270 e. The molecule has 7 nitrogen and oxygen atoms in total. The van der Waals surface area contributed by atoms with Crippen molar-refractivity contribution in [3.05, 3.63) is 57.6 Å². The van der Waals surface area contributed by atoms with Crippen LogP contribution < -0.4 is 9.04 Å². The van der Waals surface area contributed by atoms with E-state index in [2.05, 4.69) is 0 Å². The van der Waals surface area contributed by atoms with Gasteiger partial charge in [0.1, 0.15) is 10.6 Å². The zero-order valence-corrected chi connectivity index (χ0v) is 14.5. The molecular formula is C15H15ClN2O5S. The van der Waals surface area contributed by atoms with E-state index in [1.54, 1.807) is 31.2 Å². The van der Waals surface area contributed by atoms with Crippen molar-refractivity contribution in [2.45, 2.75) is 11.8 Å². The Bertz CT molecular complexity index is 870. The van der Waals surface area contributed by atoms with E-state index in [1.807, 2.05) is 0 Å². The van der Waals surface area contributed by atoms with Crippen molar-refractivity contribution in [1.82, 2.24) is 0 Å². The fourth-order valence-electron chi connectivity index (χ4n) is 2.23. The molecule has 0 spiro atoms. The van der Waals surface area contributed by atoms with Gasteiger partial charge in [0.15, 0.2) is 0 Å².